The summed E-state index contributed by atoms with van der Waals surface area (Å²) in [6.45, 7) is 2.65. The number of carboxylic acid groups (broad SMARTS) is 1. The molecule has 1 aliphatic heterocycles. The first-order valence-corrected chi connectivity index (χ1v) is 6.76. The van der Waals surface area contributed by atoms with E-state index in [1.807, 2.05) is 18.2 Å². The fourth-order valence-electron chi connectivity index (χ4n) is 2.82. The lowest BCUT2D eigenvalue weighted by molar-refractivity contribution is -0.136. The monoisotopic (exact) mass is 278 g/mol. The summed E-state index contributed by atoms with van der Waals surface area (Å²) >= 11 is 6.08. The summed E-state index contributed by atoms with van der Waals surface area (Å²) in [4.78, 5) is 10.8. The van der Waals surface area contributed by atoms with E-state index in [9.17, 15) is 4.79 Å². The summed E-state index contributed by atoms with van der Waals surface area (Å²) in [7, 11) is 0. The van der Waals surface area contributed by atoms with Crippen LogP contribution in [0.15, 0.2) is 18.2 Å². The number of aliphatic carboxylic acids is 1. The molecule has 0 bridgehead atoms. The quantitative estimate of drug-likeness (QED) is 0.907. The van der Waals surface area contributed by atoms with Crippen LogP contribution in [0.1, 0.15) is 17.7 Å². The van der Waals surface area contributed by atoms with Crippen molar-refractivity contribution in [2.45, 2.75) is 25.9 Å². The summed E-state index contributed by atoms with van der Waals surface area (Å²) in [6, 6.07) is 5.86. The highest BCUT2D eigenvalue weighted by Gasteiger charge is 2.19. The molecule has 4 nitrogen and oxygen atoms in total. The molecule has 2 N–H and O–H groups in total. The van der Waals surface area contributed by atoms with Gasteiger partial charge in [0.2, 0.25) is 0 Å². The Morgan fingerprint density at radius 3 is 3.11 bits per heavy atom. The van der Waals surface area contributed by atoms with Crippen molar-refractivity contribution < 1.29 is 9.90 Å². The van der Waals surface area contributed by atoms with E-state index in [1.54, 1.807) is 0 Å². The summed E-state index contributed by atoms with van der Waals surface area (Å²) in [6.07, 6.45) is 0.703. The minimum atomic E-state index is -0.765. The molecule has 0 atom stereocenters. The molecule has 0 amide bonds. The average Bonchev–Trinajstić information content (AvgIpc) is 2.69. The molecule has 0 unspecified atom stereocenters. The Balaban J connectivity index is 2.16. The Morgan fingerprint density at radius 2 is 2.32 bits per heavy atom. The first kappa shape index (κ1) is 12.5. The molecule has 0 radical (unpaired) electrons. The number of hydrogen-bond donors (Lipinski definition) is 2. The van der Waals surface area contributed by atoms with Crippen LogP contribution in [0.5, 0.6) is 0 Å². The summed E-state index contributed by atoms with van der Waals surface area (Å²) in [5.74, 6) is -0.765. The van der Waals surface area contributed by atoms with Gasteiger partial charge in [0.15, 0.2) is 0 Å². The molecule has 0 aliphatic carbocycles. The Morgan fingerprint density at radius 1 is 1.47 bits per heavy atom. The number of carboxylic acids is 1. The van der Waals surface area contributed by atoms with E-state index in [1.165, 1.54) is 5.69 Å². The SMILES string of the molecule is O=C(O)CCc1c2n(c3ccc(Cl)cc13)CCNC2. The minimum Gasteiger partial charge on any atom is -0.481 e. The third-order valence-electron chi connectivity index (χ3n) is 3.64. The molecule has 0 saturated carbocycles. The molecule has 0 saturated heterocycles. The van der Waals surface area contributed by atoms with Gasteiger partial charge in [0.25, 0.3) is 0 Å². The van der Waals surface area contributed by atoms with Gasteiger partial charge in [-0.05, 0) is 30.2 Å². The zero-order valence-corrected chi connectivity index (χ0v) is 11.2. The van der Waals surface area contributed by atoms with Gasteiger partial charge in [0.05, 0.1) is 0 Å². The topological polar surface area (TPSA) is 54.3 Å². The number of rotatable bonds is 3. The largest absolute Gasteiger partial charge is 0.481 e. The first-order valence-electron chi connectivity index (χ1n) is 6.39. The van der Waals surface area contributed by atoms with Gasteiger partial charge >= 0.3 is 5.97 Å². The zero-order valence-electron chi connectivity index (χ0n) is 10.4. The van der Waals surface area contributed by atoms with Crippen LogP contribution >= 0.6 is 11.6 Å². The molecule has 0 fully saturated rings. The van der Waals surface area contributed by atoms with Crippen LogP contribution in [0.2, 0.25) is 5.02 Å². The molecule has 100 valence electrons. The van der Waals surface area contributed by atoms with E-state index in [2.05, 4.69) is 9.88 Å². The normalized spacial score (nSPS) is 14.6. The van der Waals surface area contributed by atoms with Gasteiger partial charge in [-0.2, -0.15) is 0 Å². The minimum absolute atomic E-state index is 0.151. The molecule has 5 heteroatoms. The zero-order chi connectivity index (χ0) is 13.4. The molecule has 1 aromatic carbocycles. The molecule has 19 heavy (non-hydrogen) atoms. The molecular weight excluding hydrogens is 264 g/mol. The number of carbonyl (C=O) groups is 1. The van der Waals surface area contributed by atoms with Crippen LogP contribution in [0.4, 0.5) is 0 Å². The predicted octanol–water partition coefficient (Wildman–Crippen LogP) is 2.42. The molecule has 3 rings (SSSR count). The molecule has 2 heterocycles. The number of nitrogens with zero attached hydrogens (tertiary/aromatic N) is 1. The fourth-order valence-corrected chi connectivity index (χ4v) is 2.99. The maximum absolute atomic E-state index is 10.8. The van der Waals surface area contributed by atoms with Crippen molar-refractivity contribution in [1.82, 2.24) is 9.88 Å². The Labute approximate surface area is 116 Å². The highest BCUT2D eigenvalue weighted by molar-refractivity contribution is 6.31. The number of hydrogen-bond acceptors (Lipinski definition) is 2. The van der Waals surface area contributed by atoms with Gasteiger partial charge in [0.1, 0.15) is 0 Å². The second kappa shape index (κ2) is 4.87. The van der Waals surface area contributed by atoms with Crippen LogP contribution < -0.4 is 5.32 Å². The summed E-state index contributed by atoms with van der Waals surface area (Å²) < 4.78 is 2.28. The lowest BCUT2D eigenvalue weighted by Crippen LogP contribution is -2.28. The van der Waals surface area contributed by atoms with Gasteiger partial charge < -0.3 is 15.0 Å². The first-order chi connectivity index (χ1) is 9.16. The van der Waals surface area contributed by atoms with Crippen LogP contribution in [0.25, 0.3) is 10.9 Å². The van der Waals surface area contributed by atoms with Crippen LogP contribution in [-0.4, -0.2) is 22.2 Å². The van der Waals surface area contributed by atoms with Gasteiger partial charge in [-0.25, -0.2) is 0 Å². The number of halogens is 1. The highest BCUT2D eigenvalue weighted by Crippen LogP contribution is 2.30. The summed E-state index contributed by atoms with van der Waals surface area (Å²) in [5.41, 5.74) is 3.47. The van der Waals surface area contributed by atoms with E-state index in [0.717, 1.165) is 36.1 Å². The number of aromatic nitrogens is 1. The average molecular weight is 279 g/mol. The van der Waals surface area contributed by atoms with Crippen LogP contribution in [0.3, 0.4) is 0 Å². The van der Waals surface area contributed by atoms with E-state index >= 15 is 0 Å². The Hall–Kier alpha value is -1.52. The van der Waals surface area contributed by atoms with E-state index in [0.29, 0.717) is 11.4 Å². The van der Waals surface area contributed by atoms with Gasteiger partial charge in [-0.15, -0.1) is 0 Å². The number of fused-ring (bicyclic) bond motifs is 3. The van der Waals surface area contributed by atoms with Crippen molar-refractivity contribution in [3.05, 3.63) is 34.5 Å². The fraction of sp³-hybridized carbons (Fsp3) is 0.357. The Kier molecular flexibility index (Phi) is 3.21. The third kappa shape index (κ3) is 2.22. The number of nitrogens with one attached hydrogen (secondary N) is 1. The van der Waals surface area contributed by atoms with Gasteiger partial charge in [-0.1, -0.05) is 11.6 Å². The molecular formula is C14H15ClN2O2. The smallest absolute Gasteiger partial charge is 0.303 e. The third-order valence-corrected chi connectivity index (χ3v) is 3.88. The lowest BCUT2D eigenvalue weighted by atomic mass is 10.1. The van der Waals surface area contributed by atoms with Crippen molar-refractivity contribution in [3.8, 4) is 0 Å². The lowest BCUT2D eigenvalue weighted by Gasteiger charge is -2.18. The van der Waals surface area contributed by atoms with Crippen molar-refractivity contribution in [3.63, 3.8) is 0 Å². The van der Waals surface area contributed by atoms with Crippen molar-refractivity contribution in [2.24, 2.45) is 0 Å². The molecule has 1 aromatic heterocycles. The second-order valence-electron chi connectivity index (χ2n) is 4.81. The molecule has 0 spiro atoms. The van der Waals surface area contributed by atoms with E-state index in [4.69, 9.17) is 16.7 Å². The van der Waals surface area contributed by atoms with Gasteiger partial charge in [-0.3, -0.25) is 4.79 Å². The van der Waals surface area contributed by atoms with Gasteiger partial charge in [0, 0.05) is 47.7 Å². The maximum atomic E-state index is 10.8. The summed E-state index contributed by atoms with van der Waals surface area (Å²) in [5, 5.41) is 14.0. The number of benzene rings is 1. The van der Waals surface area contributed by atoms with Crippen molar-refractivity contribution in [1.29, 1.82) is 0 Å². The van der Waals surface area contributed by atoms with Crippen LogP contribution in [0, 0.1) is 0 Å². The Bertz CT molecular complexity index is 648. The van der Waals surface area contributed by atoms with Crippen molar-refractivity contribution >= 4 is 28.5 Å². The standard InChI is InChI=1S/C14H15ClN2O2/c15-9-1-3-12-11(7-9)10(2-4-14(18)19)13-8-16-5-6-17(12)13/h1,3,7,16H,2,4-6,8H2,(H,18,19). The van der Waals surface area contributed by atoms with Crippen molar-refractivity contribution in [2.75, 3.05) is 6.54 Å². The molecule has 1 aliphatic rings. The number of aryl methyl sites for hydroxylation is 1. The van der Waals surface area contributed by atoms with E-state index in [-0.39, 0.29) is 6.42 Å². The highest BCUT2D eigenvalue weighted by atomic mass is 35.5. The van der Waals surface area contributed by atoms with Crippen LogP contribution in [-0.2, 0) is 24.3 Å². The molecule has 2 aromatic rings. The maximum Gasteiger partial charge on any atom is 0.303 e. The van der Waals surface area contributed by atoms with E-state index < -0.39 is 5.97 Å². The second-order valence-corrected chi connectivity index (χ2v) is 5.25. The predicted molar refractivity (Wildman–Crippen MR) is 74.6 cm³/mol.